The highest BCUT2D eigenvalue weighted by Gasteiger charge is 2.27. The average molecular weight is 386 g/mol. The van der Waals surface area contributed by atoms with Gasteiger partial charge in [-0.25, -0.2) is 9.78 Å². The third kappa shape index (κ3) is 4.24. The molecule has 2 heterocycles. The maximum atomic E-state index is 12.7. The highest BCUT2D eigenvalue weighted by Crippen LogP contribution is 2.32. The quantitative estimate of drug-likeness (QED) is 0.606. The van der Waals surface area contributed by atoms with Gasteiger partial charge >= 0.3 is 5.97 Å². The minimum absolute atomic E-state index is 0.0408. The van der Waals surface area contributed by atoms with Gasteiger partial charge in [-0.3, -0.25) is 4.79 Å². The smallest absolute Gasteiger partial charge is 0.331 e. The predicted molar refractivity (Wildman–Crippen MR) is 100 cm³/mol. The second-order valence-electron chi connectivity index (χ2n) is 5.50. The molecule has 0 aliphatic rings. The number of rotatable bonds is 7. The summed E-state index contributed by atoms with van der Waals surface area (Å²) >= 11 is 1.40. The van der Waals surface area contributed by atoms with Gasteiger partial charge in [-0.05, 0) is 30.5 Å². The molecule has 3 rings (SSSR count). The maximum Gasteiger partial charge on any atom is 0.331 e. The molecule has 0 saturated heterocycles. The number of thiophene rings is 1. The van der Waals surface area contributed by atoms with Gasteiger partial charge in [-0.1, -0.05) is 24.3 Å². The zero-order valence-corrected chi connectivity index (χ0v) is 15.4. The second-order valence-corrected chi connectivity index (χ2v) is 6.45. The average Bonchev–Trinajstić information content (AvgIpc) is 3.36. The molecule has 3 aromatic rings. The van der Waals surface area contributed by atoms with Gasteiger partial charge in [0.05, 0.1) is 18.1 Å². The van der Waals surface area contributed by atoms with E-state index < -0.39 is 24.5 Å². The molecule has 0 saturated carbocycles. The van der Waals surface area contributed by atoms with Crippen LogP contribution in [0.2, 0.25) is 0 Å². The summed E-state index contributed by atoms with van der Waals surface area (Å²) in [6.07, 6.45) is 0. The third-order valence-electron chi connectivity index (χ3n) is 3.67. The minimum Gasteiger partial charge on any atom is -0.464 e. The number of nitrogens with zero attached hydrogens (tertiary/aromatic N) is 1. The van der Waals surface area contributed by atoms with Crippen molar-refractivity contribution in [1.29, 1.82) is 0 Å². The lowest BCUT2D eigenvalue weighted by molar-refractivity contribution is -0.146. The minimum atomic E-state index is -1.18. The summed E-state index contributed by atoms with van der Waals surface area (Å²) in [6.45, 7) is 1.21. The van der Waals surface area contributed by atoms with Crippen molar-refractivity contribution in [1.82, 2.24) is 10.3 Å². The van der Waals surface area contributed by atoms with E-state index in [-0.39, 0.29) is 12.3 Å². The van der Waals surface area contributed by atoms with Gasteiger partial charge in [-0.2, -0.15) is 0 Å². The molecule has 1 amide bonds. The predicted octanol–water partition coefficient (Wildman–Crippen LogP) is 2.72. The summed E-state index contributed by atoms with van der Waals surface area (Å²) in [4.78, 5) is 29.6. The van der Waals surface area contributed by atoms with Crippen LogP contribution in [0.3, 0.4) is 0 Å². The first-order chi connectivity index (χ1) is 13.1. The van der Waals surface area contributed by atoms with Crippen molar-refractivity contribution in [2.45, 2.75) is 13.0 Å². The number of hydrogen-bond donors (Lipinski definition) is 2. The van der Waals surface area contributed by atoms with Crippen LogP contribution in [0.4, 0.5) is 0 Å². The first-order valence-electron chi connectivity index (χ1n) is 8.32. The number of carbonyl (C=O) groups is 2. The van der Waals surface area contributed by atoms with Crippen molar-refractivity contribution in [2.75, 3.05) is 13.2 Å². The molecule has 0 fully saturated rings. The van der Waals surface area contributed by atoms with Crippen molar-refractivity contribution in [3.8, 4) is 22.1 Å². The van der Waals surface area contributed by atoms with Crippen LogP contribution in [0.25, 0.3) is 22.1 Å². The van der Waals surface area contributed by atoms with E-state index in [0.29, 0.717) is 11.7 Å². The molecular weight excluding hydrogens is 368 g/mol. The number of hydrogen-bond acceptors (Lipinski definition) is 7. The number of benzene rings is 1. The van der Waals surface area contributed by atoms with E-state index in [1.807, 2.05) is 47.8 Å². The van der Waals surface area contributed by atoms with Crippen LogP contribution in [0.5, 0.6) is 0 Å². The Bertz CT molecular complexity index is 906. The number of carbonyl (C=O) groups excluding carboxylic acids is 2. The number of oxazole rings is 1. The molecule has 0 radical (unpaired) electrons. The molecule has 0 bridgehead atoms. The van der Waals surface area contributed by atoms with Crippen molar-refractivity contribution in [3.63, 3.8) is 0 Å². The fourth-order valence-electron chi connectivity index (χ4n) is 2.40. The lowest BCUT2D eigenvalue weighted by atomic mass is 10.2. The lowest BCUT2D eigenvalue weighted by Gasteiger charge is -2.14. The molecule has 1 aromatic carbocycles. The molecule has 0 aliphatic heterocycles. The summed E-state index contributed by atoms with van der Waals surface area (Å²) in [5.41, 5.74) is 0.762. The van der Waals surface area contributed by atoms with Gasteiger partial charge in [0.1, 0.15) is 0 Å². The van der Waals surface area contributed by atoms with Crippen LogP contribution >= 0.6 is 11.3 Å². The Morgan fingerprint density at radius 3 is 2.67 bits per heavy atom. The van der Waals surface area contributed by atoms with Crippen molar-refractivity contribution < 1.29 is 23.8 Å². The van der Waals surface area contributed by atoms with Gasteiger partial charge in [0.15, 0.2) is 17.5 Å². The van der Waals surface area contributed by atoms with Crippen LogP contribution in [0.1, 0.15) is 17.4 Å². The summed E-state index contributed by atoms with van der Waals surface area (Å²) in [6, 6.07) is 11.7. The summed E-state index contributed by atoms with van der Waals surface area (Å²) in [7, 11) is 0. The molecule has 1 atom stereocenters. The van der Waals surface area contributed by atoms with E-state index in [1.54, 1.807) is 6.92 Å². The van der Waals surface area contributed by atoms with Crippen LogP contribution in [0, 0.1) is 0 Å². The van der Waals surface area contributed by atoms with Crippen LogP contribution in [-0.4, -0.2) is 41.2 Å². The number of amides is 1. The van der Waals surface area contributed by atoms with E-state index in [0.717, 1.165) is 10.4 Å². The normalized spacial score (nSPS) is 11.8. The highest BCUT2D eigenvalue weighted by atomic mass is 32.1. The van der Waals surface area contributed by atoms with E-state index in [4.69, 9.17) is 9.15 Å². The topological polar surface area (TPSA) is 102 Å². The van der Waals surface area contributed by atoms with Gasteiger partial charge in [0.2, 0.25) is 5.89 Å². The zero-order chi connectivity index (χ0) is 19.2. The van der Waals surface area contributed by atoms with Crippen molar-refractivity contribution in [3.05, 3.63) is 53.5 Å². The van der Waals surface area contributed by atoms with Crippen LogP contribution < -0.4 is 5.32 Å². The van der Waals surface area contributed by atoms with E-state index >= 15 is 0 Å². The van der Waals surface area contributed by atoms with Gasteiger partial charge in [0.25, 0.3) is 5.91 Å². The molecule has 27 heavy (non-hydrogen) atoms. The Labute approximate surface area is 159 Å². The Hall–Kier alpha value is -2.97. The molecule has 8 heteroatoms. The largest absolute Gasteiger partial charge is 0.464 e. The van der Waals surface area contributed by atoms with Gasteiger partial charge in [-0.15, -0.1) is 11.3 Å². The fourth-order valence-corrected chi connectivity index (χ4v) is 3.11. The molecule has 2 aromatic heterocycles. The summed E-state index contributed by atoms with van der Waals surface area (Å²) in [5, 5.41) is 13.7. The van der Waals surface area contributed by atoms with Gasteiger partial charge < -0.3 is 19.6 Å². The molecule has 7 nitrogen and oxygen atoms in total. The number of esters is 1. The Morgan fingerprint density at radius 2 is 2.04 bits per heavy atom. The van der Waals surface area contributed by atoms with Crippen LogP contribution in [-0.2, 0) is 9.53 Å². The number of ether oxygens (including phenoxy) is 1. The molecule has 0 aliphatic carbocycles. The summed E-state index contributed by atoms with van der Waals surface area (Å²) < 4.78 is 10.7. The Morgan fingerprint density at radius 1 is 1.26 bits per heavy atom. The van der Waals surface area contributed by atoms with Gasteiger partial charge in [0, 0.05) is 5.56 Å². The molecule has 2 N–H and O–H groups in total. The Kier molecular flexibility index (Phi) is 6.00. The standard InChI is InChI=1S/C19H18N2O5S/c1-2-25-19(24)13(11-22)20-17(23)15-16(14-9-6-10-27-14)26-18(21-15)12-7-4-3-5-8-12/h3-10,13,22H,2,11H2,1H3,(H,20,23)/t13-/m0/s1. The molecule has 0 unspecified atom stereocenters. The fraction of sp³-hybridized carbons (Fsp3) is 0.211. The second kappa shape index (κ2) is 8.61. The Balaban J connectivity index is 1.94. The van der Waals surface area contributed by atoms with E-state index in [9.17, 15) is 14.7 Å². The number of aliphatic hydroxyl groups is 1. The first-order valence-corrected chi connectivity index (χ1v) is 9.20. The lowest BCUT2D eigenvalue weighted by Crippen LogP contribution is -2.44. The third-order valence-corrected chi connectivity index (χ3v) is 4.54. The van der Waals surface area contributed by atoms with Crippen molar-refractivity contribution in [2.24, 2.45) is 0 Å². The van der Waals surface area contributed by atoms with Crippen molar-refractivity contribution >= 4 is 23.2 Å². The zero-order valence-electron chi connectivity index (χ0n) is 14.5. The highest BCUT2D eigenvalue weighted by molar-refractivity contribution is 7.13. The van der Waals surface area contributed by atoms with Crippen LogP contribution in [0.15, 0.2) is 52.3 Å². The SMILES string of the molecule is CCOC(=O)[C@H](CO)NC(=O)c1nc(-c2ccccc2)oc1-c1cccs1. The maximum absolute atomic E-state index is 12.7. The number of nitrogens with one attached hydrogen (secondary N) is 1. The number of aliphatic hydroxyl groups excluding tert-OH is 1. The number of aromatic nitrogens is 1. The van der Waals surface area contributed by atoms with E-state index in [1.165, 1.54) is 11.3 Å². The monoisotopic (exact) mass is 386 g/mol. The summed E-state index contributed by atoms with van der Waals surface area (Å²) in [5.74, 6) is -0.739. The molecule has 0 spiro atoms. The molecular formula is C19H18N2O5S. The van der Waals surface area contributed by atoms with E-state index in [2.05, 4.69) is 10.3 Å². The molecule has 140 valence electrons. The first kappa shape index (κ1) is 18.8.